The van der Waals surface area contributed by atoms with Gasteiger partial charge in [0.15, 0.2) is 0 Å². The molecule has 1 aliphatic rings. The van der Waals surface area contributed by atoms with Crippen molar-refractivity contribution in [2.45, 2.75) is 39.5 Å². The highest BCUT2D eigenvalue weighted by Gasteiger charge is 2.40. The maximum absolute atomic E-state index is 11.9. The van der Waals surface area contributed by atoms with Gasteiger partial charge < -0.3 is 4.74 Å². The molecule has 2 atom stereocenters. The van der Waals surface area contributed by atoms with Gasteiger partial charge in [0.05, 0.1) is 13.5 Å². The Balaban J connectivity index is 2.71. The number of esters is 1. The van der Waals surface area contributed by atoms with Gasteiger partial charge in [-0.05, 0) is 12.8 Å². The summed E-state index contributed by atoms with van der Waals surface area (Å²) in [6.45, 7) is 3.82. The summed E-state index contributed by atoms with van der Waals surface area (Å²) >= 11 is 0. The molecule has 0 radical (unpaired) electrons. The Morgan fingerprint density at radius 1 is 1.64 bits per heavy atom. The minimum atomic E-state index is -0.481. The van der Waals surface area contributed by atoms with Crippen molar-refractivity contribution in [3.05, 3.63) is 0 Å². The van der Waals surface area contributed by atoms with Crippen molar-refractivity contribution in [1.29, 1.82) is 0 Å². The monoisotopic (exact) mass is 198 g/mol. The number of methoxy groups -OCH3 is 1. The molecule has 0 spiro atoms. The second-order valence-electron chi connectivity index (χ2n) is 4.47. The van der Waals surface area contributed by atoms with Crippen LogP contribution in [0, 0.1) is 11.3 Å². The zero-order chi connectivity index (χ0) is 10.8. The van der Waals surface area contributed by atoms with Gasteiger partial charge in [-0.15, -0.1) is 0 Å². The van der Waals surface area contributed by atoms with Crippen LogP contribution in [0.5, 0.6) is 0 Å². The standard InChI is InChI=1S/C11H18O3/c1-8-5-4-6-11(2,10(8)13)7-9(12)14-3/h8H,4-7H2,1-3H3/t8-,11+/m1/s1. The molecule has 1 fully saturated rings. The number of Topliss-reactive ketones (excluding diaryl/α,β-unsaturated/α-hetero) is 1. The fourth-order valence-corrected chi connectivity index (χ4v) is 2.21. The summed E-state index contributed by atoms with van der Waals surface area (Å²) in [7, 11) is 1.36. The summed E-state index contributed by atoms with van der Waals surface area (Å²) in [5.41, 5.74) is -0.481. The van der Waals surface area contributed by atoms with Gasteiger partial charge in [0, 0.05) is 11.3 Å². The minimum Gasteiger partial charge on any atom is -0.469 e. The maximum Gasteiger partial charge on any atom is 0.306 e. The van der Waals surface area contributed by atoms with Gasteiger partial charge in [-0.2, -0.15) is 0 Å². The molecule has 0 aliphatic heterocycles. The van der Waals surface area contributed by atoms with E-state index < -0.39 is 5.41 Å². The Bertz CT molecular complexity index is 247. The lowest BCUT2D eigenvalue weighted by Gasteiger charge is -2.34. The zero-order valence-electron chi connectivity index (χ0n) is 9.13. The van der Waals surface area contributed by atoms with E-state index in [0.717, 1.165) is 19.3 Å². The average Bonchev–Trinajstić information content (AvgIpc) is 2.14. The van der Waals surface area contributed by atoms with Crippen molar-refractivity contribution in [2.75, 3.05) is 7.11 Å². The highest BCUT2D eigenvalue weighted by Crippen LogP contribution is 2.38. The highest BCUT2D eigenvalue weighted by atomic mass is 16.5. The molecule has 0 unspecified atom stereocenters. The first kappa shape index (κ1) is 11.2. The van der Waals surface area contributed by atoms with E-state index in [9.17, 15) is 9.59 Å². The topological polar surface area (TPSA) is 43.4 Å². The van der Waals surface area contributed by atoms with Crippen LogP contribution in [-0.2, 0) is 14.3 Å². The van der Waals surface area contributed by atoms with Crippen LogP contribution in [0.4, 0.5) is 0 Å². The van der Waals surface area contributed by atoms with E-state index in [2.05, 4.69) is 4.74 Å². The van der Waals surface area contributed by atoms with Crippen LogP contribution >= 0.6 is 0 Å². The normalized spacial score (nSPS) is 32.8. The Morgan fingerprint density at radius 3 is 2.86 bits per heavy atom. The quantitative estimate of drug-likeness (QED) is 0.637. The second-order valence-corrected chi connectivity index (χ2v) is 4.47. The van der Waals surface area contributed by atoms with E-state index in [1.54, 1.807) is 0 Å². The van der Waals surface area contributed by atoms with Crippen molar-refractivity contribution in [2.24, 2.45) is 11.3 Å². The van der Waals surface area contributed by atoms with E-state index in [1.165, 1.54) is 7.11 Å². The van der Waals surface area contributed by atoms with Gasteiger partial charge in [0.2, 0.25) is 0 Å². The number of hydrogen-bond acceptors (Lipinski definition) is 3. The van der Waals surface area contributed by atoms with Crippen LogP contribution < -0.4 is 0 Å². The van der Waals surface area contributed by atoms with E-state index in [-0.39, 0.29) is 24.1 Å². The fourth-order valence-electron chi connectivity index (χ4n) is 2.21. The molecule has 0 aromatic rings. The molecule has 0 saturated heterocycles. The predicted molar refractivity (Wildman–Crippen MR) is 52.8 cm³/mol. The molecular formula is C11H18O3. The zero-order valence-corrected chi connectivity index (χ0v) is 9.13. The van der Waals surface area contributed by atoms with Crippen LogP contribution in [0.2, 0.25) is 0 Å². The summed E-state index contributed by atoms with van der Waals surface area (Å²) in [5.74, 6) is 0.0301. The van der Waals surface area contributed by atoms with E-state index in [4.69, 9.17) is 0 Å². The molecule has 3 nitrogen and oxygen atoms in total. The van der Waals surface area contributed by atoms with E-state index in [0.29, 0.717) is 0 Å². The van der Waals surface area contributed by atoms with Crippen LogP contribution in [0.25, 0.3) is 0 Å². The lowest BCUT2D eigenvalue weighted by Crippen LogP contribution is -2.38. The number of rotatable bonds is 2. The molecule has 1 aliphatic carbocycles. The summed E-state index contributed by atoms with van der Waals surface area (Å²) in [6.07, 6.45) is 3.02. The smallest absolute Gasteiger partial charge is 0.306 e. The minimum absolute atomic E-state index is 0.0957. The largest absolute Gasteiger partial charge is 0.469 e. The molecule has 1 rings (SSSR count). The molecule has 0 aromatic carbocycles. The summed E-state index contributed by atoms with van der Waals surface area (Å²) in [4.78, 5) is 23.1. The average molecular weight is 198 g/mol. The third-order valence-corrected chi connectivity index (χ3v) is 3.17. The summed E-state index contributed by atoms with van der Waals surface area (Å²) < 4.78 is 4.61. The van der Waals surface area contributed by atoms with Gasteiger partial charge in [-0.3, -0.25) is 9.59 Å². The lowest BCUT2D eigenvalue weighted by molar-refractivity contribution is -0.149. The van der Waals surface area contributed by atoms with Crippen molar-refractivity contribution in [1.82, 2.24) is 0 Å². The van der Waals surface area contributed by atoms with Crippen LogP contribution in [-0.4, -0.2) is 18.9 Å². The van der Waals surface area contributed by atoms with Crippen molar-refractivity contribution in [3.8, 4) is 0 Å². The Labute approximate surface area is 84.8 Å². The molecule has 1 saturated carbocycles. The third-order valence-electron chi connectivity index (χ3n) is 3.17. The third kappa shape index (κ3) is 2.14. The number of carbonyl (C=O) groups excluding carboxylic acids is 2. The molecular weight excluding hydrogens is 180 g/mol. The molecule has 0 heterocycles. The fraction of sp³-hybridized carbons (Fsp3) is 0.818. The van der Waals surface area contributed by atoms with Crippen molar-refractivity contribution < 1.29 is 14.3 Å². The molecule has 0 N–H and O–H groups in total. The Morgan fingerprint density at radius 2 is 2.29 bits per heavy atom. The first-order valence-electron chi connectivity index (χ1n) is 5.11. The first-order chi connectivity index (χ1) is 6.49. The molecule has 14 heavy (non-hydrogen) atoms. The van der Waals surface area contributed by atoms with E-state index in [1.807, 2.05) is 13.8 Å². The van der Waals surface area contributed by atoms with Crippen molar-refractivity contribution in [3.63, 3.8) is 0 Å². The predicted octanol–water partition coefficient (Wildman–Crippen LogP) is 1.94. The molecule has 3 heteroatoms. The first-order valence-corrected chi connectivity index (χ1v) is 5.11. The van der Waals surface area contributed by atoms with Gasteiger partial charge in [0.25, 0.3) is 0 Å². The lowest BCUT2D eigenvalue weighted by atomic mass is 9.68. The van der Waals surface area contributed by atoms with Crippen molar-refractivity contribution >= 4 is 11.8 Å². The van der Waals surface area contributed by atoms with E-state index >= 15 is 0 Å². The summed E-state index contributed by atoms with van der Waals surface area (Å²) in [6, 6.07) is 0. The molecule has 0 bridgehead atoms. The molecule has 80 valence electrons. The van der Waals surface area contributed by atoms with Crippen LogP contribution in [0.15, 0.2) is 0 Å². The van der Waals surface area contributed by atoms with Crippen LogP contribution in [0.3, 0.4) is 0 Å². The van der Waals surface area contributed by atoms with Gasteiger partial charge in [0.1, 0.15) is 5.78 Å². The molecule has 0 amide bonds. The Hall–Kier alpha value is -0.860. The van der Waals surface area contributed by atoms with Gasteiger partial charge in [-0.1, -0.05) is 20.3 Å². The second kappa shape index (κ2) is 4.11. The van der Waals surface area contributed by atoms with Gasteiger partial charge >= 0.3 is 5.97 Å². The molecule has 0 aromatic heterocycles. The van der Waals surface area contributed by atoms with Gasteiger partial charge in [-0.25, -0.2) is 0 Å². The Kier molecular flexibility index (Phi) is 3.29. The SMILES string of the molecule is COC(=O)C[C@]1(C)CCC[C@@H](C)C1=O. The number of ether oxygens (including phenoxy) is 1. The number of hydrogen-bond donors (Lipinski definition) is 0. The summed E-state index contributed by atoms with van der Waals surface area (Å²) in [5, 5.41) is 0. The van der Waals surface area contributed by atoms with Crippen LogP contribution in [0.1, 0.15) is 39.5 Å². The maximum atomic E-state index is 11.9. The number of carbonyl (C=O) groups is 2. The highest BCUT2D eigenvalue weighted by molar-refractivity contribution is 5.90. The number of ketones is 1.